The van der Waals surface area contributed by atoms with Gasteiger partial charge in [0, 0.05) is 29.0 Å². The highest BCUT2D eigenvalue weighted by molar-refractivity contribution is 6.31. The van der Waals surface area contributed by atoms with Gasteiger partial charge in [-0.3, -0.25) is 4.79 Å². The summed E-state index contributed by atoms with van der Waals surface area (Å²) in [6.07, 6.45) is 2.22. The Labute approximate surface area is 111 Å². The molecule has 0 radical (unpaired) electrons. The number of H-pyrrole nitrogens is 1. The zero-order valence-electron chi connectivity index (χ0n) is 10.3. The summed E-state index contributed by atoms with van der Waals surface area (Å²) in [5.41, 5.74) is 2.66. The third-order valence-corrected chi connectivity index (χ3v) is 3.86. The standard InChI is InChI=1S/C14H15ClN2O/c1-9-11-8-10(15)4-5-12(11)16-13(9)14(18)17-6-2-3-7-17/h4-5,8,16H,2-3,6-7H2,1H3. The molecule has 0 aliphatic carbocycles. The Balaban J connectivity index is 2.06. The Morgan fingerprint density at radius 3 is 2.78 bits per heavy atom. The molecule has 0 unspecified atom stereocenters. The van der Waals surface area contributed by atoms with Crippen LogP contribution in [-0.4, -0.2) is 28.9 Å². The number of aromatic amines is 1. The number of hydrogen-bond donors (Lipinski definition) is 1. The van der Waals surface area contributed by atoms with Gasteiger partial charge in [0.2, 0.25) is 0 Å². The molecular weight excluding hydrogens is 248 g/mol. The van der Waals surface area contributed by atoms with Crippen molar-refractivity contribution in [1.82, 2.24) is 9.88 Å². The average molecular weight is 263 g/mol. The number of hydrogen-bond acceptors (Lipinski definition) is 1. The lowest BCUT2D eigenvalue weighted by atomic mass is 10.1. The molecule has 1 aliphatic rings. The number of aromatic nitrogens is 1. The largest absolute Gasteiger partial charge is 0.350 e. The molecule has 94 valence electrons. The van der Waals surface area contributed by atoms with E-state index in [4.69, 9.17) is 11.6 Å². The van der Waals surface area contributed by atoms with Crippen LogP contribution in [0.2, 0.25) is 5.02 Å². The van der Waals surface area contributed by atoms with E-state index in [1.807, 2.05) is 30.0 Å². The van der Waals surface area contributed by atoms with Gasteiger partial charge in [0.1, 0.15) is 5.69 Å². The van der Waals surface area contributed by atoms with Crippen molar-refractivity contribution in [2.75, 3.05) is 13.1 Å². The van der Waals surface area contributed by atoms with Crippen LogP contribution in [0.1, 0.15) is 28.9 Å². The molecule has 0 saturated carbocycles. The van der Waals surface area contributed by atoms with E-state index in [1.165, 1.54) is 0 Å². The fourth-order valence-electron chi connectivity index (χ4n) is 2.59. The molecule has 18 heavy (non-hydrogen) atoms. The van der Waals surface area contributed by atoms with E-state index in [1.54, 1.807) is 0 Å². The quantitative estimate of drug-likeness (QED) is 0.840. The van der Waals surface area contributed by atoms with Crippen LogP contribution < -0.4 is 0 Å². The lowest BCUT2D eigenvalue weighted by molar-refractivity contribution is 0.0787. The first-order valence-corrected chi connectivity index (χ1v) is 6.62. The van der Waals surface area contributed by atoms with E-state index in [-0.39, 0.29) is 5.91 Å². The smallest absolute Gasteiger partial charge is 0.270 e. The van der Waals surface area contributed by atoms with Gasteiger partial charge in [-0.15, -0.1) is 0 Å². The molecule has 0 bridgehead atoms. The minimum Gasteiger partial charge on any atom is -0.350 e. The van der Waals surface area contributed by atoms with E-state index in [0.717, 1.165) is 42.4 Å². The van der Waals surface area contributed by atoms with E-state index in [0.29, 0.717) is 10.7 Å². The normalized spacial score (nSPS) is 15.6. The Morgan fingerprint density at radius 1 is 1.33 bits per heavy atom. The fourth-order valence-corrected chi connectivity index (χ4v) is 2.76. The van der Waals surface area contributed by atoms with Crippen molar-refractivity contribution in [2.45, 2.75) is 19.8 Å². The third kappa shape index (κ3) is 1.79. The Bertz CT molecular complexity index is 612. The van der Waals surface area contributed by atoms with Gasteiger partial charge in [-0.2, -0.15) is 0 Å². The van der Waals surface area contributed by atoms with Crippen LogP contribution in [0.25, 0.3) is 10.9 Å². The second kappa shape index (κ2) is 4.32. The van der Waals surface area contributed by atoms with Crippen molar-refractivity contribution in [2.24, 2.45) is 0 Å². The maximum atomic E-state index is 12.4. The highest BCUT2D eigenvalue weighted by atomic mass is 35.5. The van der Waals surface area contributed by atoms with Crippen molar-refractivity contribution in [3.05, 3.63) is 34.5 Å². The van der Waals surface area contributed by atoms with E-state index >= 15 is 0 Å². The van der Waals surface area contributed by atoms with Crippen LogP contribution in [0, 0.1) is 6.92 Å². The molecule has 2 aromatic rings. The molecule has 3 nitrogen and oxygen atoms in total. The topological polar surface area (TPSA) is 36.1 Å². The number of benzene rings is 1. The van der Waals surface area contributed by atoms with Crippen LogP contribution in [-0.2, 0) is 0 Å². The van der Waals surface area contributed by atoms with Gasteiger partial charge in [-0.25, -0.2) is 0 Å². The number of aryl methyl sites for hydroxylation is 1. The summed E-state index contributed by atoms with van der Waals surface area (Å²) in [7, 11) is 0. The number of carbonyl (C=O) groups excluding carboxylic acids is 1. The van der Waals surface area contributed by atoms with Crippen LogP contribution >= 0.6 is 11.6 Å². The van der Waals surface area contributed by atoms with Gasteiger partial charge < -0.3 is 9.88 Å². The maximum Gasteiger partial charge on any atom is 0.270 e. The summed E-state index contributed by atoms with van der Waals surface area (Å²) in [4.78, 5) is 17.5. The van der Waals surface area contributed by atoms with E-state index in [2.05, 4.69) is 4.98 Å². The lowest BCUT2D eigenvalue weighted by Crippen LogP contribution is -2.28. The Hall–Kier alpha value is -1.48. The monoisotopic (exact) mass is 262 g/mol. The zero-order valence-corrected chi connectivity index (χ0v) is 11.0. The molecule has 1 fully saturated rings. The van der Waals surface area contributed by atoms with Crippen LogP contribution in [0.4, 0.5) is 0 Å². The van der Waals surface area contributed by atoms with Crippen LogP contribution in [0.3, 0.4) is 0 Å². The number of likely N-dealkylation sites (tertiary alicyclic amines) is 1. The molecule has 1 aromatic carbocycles. The summed E-state index contributed by atoms with van der Waals surface area (Å²) in [5, 5.41) is 1.73. The summed E-state index contributed by atoms with van der Waals surface area (Å²) in [6.45, 7) is 3.71. The van der Waals surface area contributed by atoms with Gasteiger partial charge in [0.15, 0.2) is 0 Å². The molecule has 1 aromatic heterocycles. The molecule has 0 atom stereocenters. The summed E-state index contributed by atoms with van der Waals surface area (Å²) in [5.74, 6) is 0.109. The Kier molecular flexibility index (Phi) is 2.78. The number of rotatable bonds is 1. The molecule has 2 heterocycles. The minimum absolute atomic E-state index is 0.109. The summed E-state index contributed by atoms with van der Waals surface area (Å²) in [6, 6.07) is 5.67. The molecule has 3 rings (SSSR count). The number of fused-ring (bicyclic) bond motifs is 1. The van der Waals surface area contributed by atoms with Gasteiger partial charge in [-0.05, 0) is 43.5 Å². The number of halogens is 1. The predicted octanol–water partition coefficient (Wildman–Crippen LogP) is 3.37. The fraction of sp³-hybridized carbons (Fsp3) is 0.357. The van der Waals surface area contributed by atoms with Gasteiger partial charge >= 0.3 is 0 Å². The number of nitrogens with one attached hydrogen (secondary N) is 1. The first-order valence-electron chi connectivity index (χ1n) is 6.24. The second-order valence-corrected chi connectivity index (χ2v) is 5.25. The number of carbonyl (C=O) groups is 1. The molecule has 0 spiro atoms. The van der Waals surface area contributed by atoms with Gasteiger partial charge in [0.05, 0.1) is 0 Å². The zero-order chi connectivity index (χ0) is 12.7. The van der Waals surface area contributed by atoms with Crippen molar-refractivity contribution in [3.63, 3.8) is 0 Å². The highest BCUT2D eigenvalue weighted by Gasteiger charge is 2.23. The number of amides is 1. The van der Waals surface area contributed by atoms with Gasteiger partial charge in [0.25, 0.3) is 5.91 Å². The summed E-state index contributed by atoms with van der Waals surface area (Å²) >= 11 is 6.00. The van der Waals surface area contributed by atoms with Gasteiger partial charge in [-0.1, -0.05) is 11.6 Å². The SMILES string of the molecule is Cc1c(C(=O)N2CCCC2)[nH]c2ccc(Cl)cc12. The predicted molar refractivity (Wildman–Crippen MR) is 73.2 cm³/mol. The van der Waals surface area contributed by atoms with Crippen molar-refractivity contribution in [1.29, 1.82) is 0 Å². The van der Waals surface area contributed by atoms with Crippen molar-refractivity contribution >= 4 is 28.4 Å². The first kappa shape index (κ1) is 11.6. The molecule has 1 N–H and O–H groups in total. The average Bonchev–Trinajstić information content (AvgIpc) is 2.98. The van der Waals surface area contributed by atoms with Crippen LogP contribution in [0.5, 0.6) is 0 Å². The number of nitrogens with zero attached hydrogens (tertiary/aromatic N) is 1. The molecule has 1 saturated heterocycles. The van der Waals surface area contributed by atoms with E-state index < -0.39 is 0 Å². The van der Waals surface area contributed by atoms with E-state index in [9.17, 15) is 4.79 Å². The molecular formula is C14H15ClN2O. The van der Waals surface area contributed by atoms with Crippen molar-refractivity contribution in [3.8, 4) is 0 Å². The summed E-state index contributed by atoms with van der Waals surface area (Å²) < 4.78 is 0. The minimum atomic E-state index is 0.109. The Morgan fingerprint density at radius 2 is 2.06 bits per heavy atom. The third-order valence-electron chi connectivity index (χ3n) is 3.63. The molecule has 4 heteroatoms. The lowest BCUT2D eigenvalue weighted by Gasteiger charge is -2.14. The molecule has 1 amide bonds. The second-order valence-electron chi connectivity index (χ2n) is 4.81. The first-order chi connectivity index (χ1) is 8.66. The maximum absolute atomic E-state index is 12.4. The molecule has 1 aliphatic heterocycles. The van der Waals surface area contributed by atoms with Crippen LogP contribution in [0.15, 0.2) is 18.2 Å². The van der Waals surface area contributed by atoms with Crippen molar-refractivity contribution < 1.29 is 4.79 Å². The highest BCUT2D eigenvalue weighted by Crippen LogP contribution is 2.26.